The van der Waals surface area contributed by atoms with Gasteiger partial charge in [-0.3, -0.25) is 9.88 Å². The third kappa shape index (κ3) is 3.94. The summed E-state index contributed by atoms with van der Waals surface area (Å²) in [5, 5.41) is 1.71. The Kier molecular flexibility index (Phi) is 5.22. The Morgan fingerprint density at radius 3 is 2.74 bits per heavy atom. The molecule has 102 valence electrons. The third-order valence-electron chi connectivity index (χ3n) is 2.93. The fourth-order valence-corrected chi connectivity index (χ4v) is 2.58. The van der Waals surface area contributed by atoms with E-state index in [1.807, 2.05) is 30.3 Å². The smallest absolute Gasteiger partial charge is 0.251 e. The van der Waals surface area contributed by atoms with E-state index in [1.165, 1.54) is 0 Å². The number of para-hydroxylation sites is 1. The van der Waals surface area contributed by atoms with E-state index in [2.05, 4.69) is 20.9 Å². The second-order valence-corrected chi connectivity index (χ2v) is 5.10. The highest BCUT2D eigenvalue weighted by molar-refractivity contribution is 9.09. The number of aromatic nitrogens is 1. The normalized spacial score (nSPS) is 11.6. The molecule has 2 aromatic rings. The summed E-state index contributed by atoms with van der Waals surface area (Å²) < 4.78 is 25.1. The molecule has 0 aliphatic carbocycles. The molecule has 0 saturated carbocycles. The molecule has 0 aliphatic heterocycles. The van der Waals surface area contributed by atoms with Crippen LogP contribution in [0, 0.1) is 0 Å². The molecule has 1 aromatic heterocycles. The molecule has 19 heavy (non-hydrogen) atoms. The van der Waals surface area contributed by atoms with E-state index in [4.69, 9.17) is 0 Å². The van der Waals surface area contributed by atoms with Crippen molar-refractivity contribution >= 4 is 26.8 Å². The minimum absolute atomic E-state index is 0.206. The predicted molar refractivity (Wildman–Crippen MR) is 76.8 cm³/mol. The van der Waals surface area contributed by atoms with Crippen LogP contribution in [0.4, 0.5) is 8.78 Å². The minimum Gasteiger partial charge on any atom is -0.293 e. The molecule has 0 unspecified atom stereocenters. The summed E-state index contributed by atoms with van der Waals surface area (Å²) in [5.41, 5.74) is 1.93. The first-order valence-electron chi connectivity index (χ1n) is 6.10. The molecule has 0 saturated heterocycles. The van der Waals surface area contributed by atoms with E-state index in [0.29, 0.717) is 18.4 Å². The van der Waals surface area contributed by atoms with Crippen molar-refractivity contribution < 1.29 is 8.78 Å². The van der Waals surface area contributed by atoms with Crippen LogP contribution in [-0.4, -0.2) is 34.7 Å². The molecule has 0 bridgehead atoms. The van der Waals surface area contributed by atoms with Crippen LogP contribution in [0.25, 0.3) is 10.9 Å². The number of pyridine rings is 1. The van der Waals surface area contributed by atoms with Gasteiger partial charge in [0.05, 0.1) is 12.1 Å². The summed E-state index contributed by atoms with van der Waals surface area (Å²) in [6, 6.07) is 9.67. The Balaban J connectivity index is 2.23. The number of alkyl halides is 3. The fourth-order valence-electron chi connectivity index (χ4n) is 2.08. The monoisotopic (exact) mass is 328 g/mol. The summed E-state index contributed by atoms with van der Waals surface area (Å²) >= 11 is 3.30. The highest BCUT2D eigenvalue weighted by Crippen LogP contribution is 2.18. The molecule has 2 rings (SSSR count). The average molecular weight is 329 g/mol. The van der Waals surface area contributed by atoms with Crippen molar-refractivity contribution in [3.63, 3.8) is 0 Å². The molecule has 0 aliphatic rings. The molecule has 1 heterocycles. The molecule has 2 nitrogen and oxygen atoms in total. The van der Waals surface area contributed by atoms with Crippen molar-refractivity contribution in [3.05, 3.63) is 42.1 Å². The number of halogens is 3. The van der Waals surface area contributed by atoms with Crippen LogP contribution in [0.15, 0.2) is 36.5 Å². The van der Waals surface area contributed by atoms with Gasteiger partial charge in [-0.1, -0.05) is 34.1 Å². The van der Waals surface area contributed by atoms with E-state index >= 15 is 0 Å². The molecule has 0 radical (unpaired) electrons. The second-order valence-electron chi connectivity index (χ2n) is 4.30. The van der Waals surface area contributed by atoms with Crippen molar-refractivity contribution in [2.45, 2.75) is 13.0 Å². The van der Waals surface area contributed by atoms with Crippen molar-refractivity contribution in [1.29, 1.82) is 0 Å². The van der Waals surface area contributed by atoms with Crippen LogP contribution in [-0.2, 0) is 6.54 Å². The Morgan fingerprint density at radius 2 is 2.00 bits per heavy atom. The molecule has 5 heteroatoms. The van der Waals surface area contributed by atoms with Crippen LogP contribution < -0.4 is 0 Å². The van der Waals surface area contributed by atoms with E-state index in [9.17, 15) is 8.78 Å². The average Bonchev–Trinajstić information content (AvgIpc) is 2.39. The van der Waals surface area contributed by atoms with E-state index < -0.39 is 6.43 Å². The Morgan fingerprint density at radius 1 is 1.21 bits per heavy atom. The maximum Gasteiger partial charge on any atom is 0.251 e. The van der Waals surface area contributed by atoms with Crippen LogP contribution >= 0.6 is 15.9 Å². The topological polar surface area (TPSA) is 16.1 Å². The van der Waals surface area contributed by atoms with Crippen molar-refractivity contribution in [2.24, 2.45) is 0 Å². The zero-order chi connectivity index (χ0) is 13.7. The summed E-state index contributed by atoms with van der Waals surface area (Å²) in [4.78, 5) is 6.03. The Labute approximate surface area is 119 Å². The first-order chi connectivity index (χ1) is 9.20. The summed E-state index contributed by atoms with van der Waals surface area (Å²) in [7, 11) is 0. The zero-order valence-corrected chi connectivity index (χ0v) is 12.0. The number of hydrogen-bond acceptors (Lipinski definition) is 2. The van der Waals surface area contributed by atoms with Gasteiger partial charge in [0.15, 0.2) is 0 Å². The second kappa shape index (κ2) is 6.91. The highest BCUT2D eigenvalue weighted by Gasteiger charge is 2.13. The molecule has 0 spiro atoms. The predicted octanol–water partition coefficient (Wildman–Crippen LogP) is 3.70. The minimum atomic E-state index is -2.31. The lowest BCUT2D eigenvalue weighted by molar-refractivity contribution is 0.0883. The lowest BCUT2D eigenvalue weighted by atomic mass is 10.1. The van der Waals surface area contributed by atoms with Crippen LogP contribution in [0.1, 0.15) is 5.56 Å². The van der Waals surface area contributed by atoms with Gasteiger partial charge in [0.2, 0.25) is 0 Å². The SMILES string of the molecule is FC(F)CN(CCBr)Cc1ccnc2ccccc12. The van der Waals surface area contributed by atoms with Crippen LogP contribution in [0.5, 0.6) is 0 Å². The molecule has 0 fully saturated rings. The molecule has 0 atom stereocenters. The van der Waals surface area contributed by atoms with Gasteiger partial charge in [0, 0.05) is 30.0 Å². The van der Waals surface area contributed by atoms with E-state index in [1.54, 1.807) is 11.1 Å². The Bertz CT molecular complexity index is 528. The van der Waals surface area contributed by atoms with Gasteiger partial charge in [-0.25, -0.2) is 8.78 Å². The van der Waals surface area contributed by atoms with Gasteiger partial charge in [-0.05, 0) is 17.7 Å². The van der Waals surface area contributed by atoms with Crippen molar-refractivity contribution in [2.75, 3.05) is 18.4 Å². The fraction of sp³-hybridized carbons (Fsp3) is 0.357. The lowest BCUT2D eigenvalue weighted by Crippen LogP contribution is -2.30. The number of benzene rings is 1. The zero-order valence-electron chi connectivity index (χ0n) is 10.4. The number of rotatable bonds is 6. The first kappa shape index (κ1) is 14.3. The molecule has 0 N–H and O–H groups in total. The summed E-state index contributed by atoms with van der Waals surface area (Å²) in [6.45, 7) is 0.905. The highest BCUT2D eigenvalue weighted by atomic mass is 79.9. The van der Waals surface area contributed by atoms with Crippen molar-refractivity contribution in [1.82, 2.24) is 9.88 Å². The van der Waals surface area contributed by atoms with Gasteiger partial charge in [0.25, 0.3) is 6.43 Å². The van der Waals surface area contributed by atoms with E-state index in [0.717, 1.165) is 16.5 Å². The quantitative estimate of drug-likeness (QED) is 0.752. The Hall–Kier alpha value is -1.07. The lowest BCUT2D eigenvalue weighted by Gasteiger charge is -2.21. The van der Waals surface area contributed by atoms with E-state index in [-0.39, 0.29) is 6.54 Å². The molecular formula is C14H15BrF2N2. The summed E-state index contributed by atoms with van der Waals surface area (Å²) in [5.74, 6) is 0. The standard InChI is InChI=1S/C14H15BrF2N2/c15-6-8-19(10-14(16)17)9-11-5-7-18-13-4-2-1-3-12(11)13/h1-5,7,14H,6,8-10H2. The number of nitrogens with zero attached hydrogens (tertiary/aromatic N) is 2. The number of hydrogen-bond donors (Lipinski definition) is 0. The van der Waals surface area contributed by atoms with Gasteiger partial charge < -0.3 is 0 Å². The largest absolute Gasteiger partial charge is 0.293 e. The van der Waals surface area contributed by atoms with Crippen molar-refractivity contribution in [3.8, 4) is 0 Å². The first-order valence-corrected chi connectivity index (χ1v) is 7.22. The molecular weight excluding hydrogens is 314 g/mol. The summed E-state index contributed by atoms with van der Waals surface area (Å²) in [6.07, 6.45) is -0.584. The van der Waals surface area contributed by atoms with Gasteiger partial charge in [-0.15, -0.1) is 0 Å². The molecule has 0 amide bonds. The van der Waals surface area contributed by atoms with Gasteiger partial charge in [-0.2, -0.15) is 0 Å². The van der Waals surface area contributed by atoms with Gasteiger partial charge >= 0.3 is 0 Å². The van der Waals surface area contributed by atoms with Crippen LogP contribution in [0.3, 0.4) is 0 Å². The maximum atomic E-state index is 12.6. The maximum absolute atomic E-state index is 12.6. The van der Waals surface area contributed by atoms with Crippen LogP contribution in [0.2, 0.25) is 0 Å². The third-order valence-corrected chi connectivity index (χ3v) is 3.28. The number of fused-ring (bicyclic) bond motifs is 1. The van der Waals surface area contributed by atoms with Gasteiger partial charge in [0.1, 0.15) is 0 Å². The molecule has 1 aromatic carbocycles.